The van der Waals surface area contributed by atoms with E-state index in [9.17, 15) is 8.78 Å². The topological polar surface area (TPSA) is 12.0 Å². The molecular weight excluding hydrogens is 300 g/mol. The molecule has 0 saturated heterocycles. The van der Waals surface area contributed by atoms with Gasteiger partial charge in [-0.25, -0.2) is 8.78 Å². The number of halogens is 3. The third-order valence-corrected chi connectivity index (χ3v) is 3.52. The van der Waals surface area contributed by atoms with Crippen LogP contribution < -0.4 is 5.32 Å². The zero-order chi connectivity index (χ0) is 13.1. The van der Waals surface area contributed by atoms with Crippen molar-refractivity contribution in [3.05, 3.63) is 63.6 Å². The van der Waals surface area contributed by atoms with E-state index in [1.165, 1.54) is 12.1 Å². The molecule has 0 unspecified atom stereocenters. The molecule has 2 aromatic carbocycles. The lowest BCUT2D eigenvalue weighted by Crippen LogP contribution is -2.02. The van der Waals surface area contributed by atoms with Crippen LogP contribution in [0.2, 0.25) is 0 Å². The van der Waals surface area contributed by atoms with Gasteiger partial charge in [-0.15, -0.1) is 0 Å². The van der Waals surface area contributed by atoms with Crippen molar-refractivity contribution in [2.45, 2.75) is 13.5 Å². The van der Waals surface area contributed by atoms with Crippen LogP contribution in [0.4, 0.5) is 14.5 Å². The molecule has 0 spiro atoms. The number of hydrogen-bond acceptors (Lipinski definition) is 1. The molecule has 2 aromatic rings. The van der Waals surface area contributed by atoms with E-state index < -0.39 is 11.6 Å². The summed E-state index contributed by atoms with van der Waals surface area (Å²) in [5.41, 5.74) is 2.46. The van der Waals surface area contributed by atoms with Gasteiger partial charge in [0.05, 0.1) is 0 Å². The molecule has 4 heteroatoms. The Morgan fingerprint density at radius 1 is 1.11 bits per heavy atom. The first-order chi connectivity index (χ1) is 8.56. The van der Waals surface area contributed by atoms with Crippen molar-refractivity contribution in [2.24, 2.45) is 0 Å². The van der Waals surface area contributed by atoms with Gasteiger partial charge in [0.2, 0.25) is 0 Å². The van der Waals surface area contributed by atoms with E-state index >= 15 is 0 Å². The zero-order valence-electron chi connectivity index (χ0n) is 9.81. The second-order valence-electron chi connectivity index (χ2n) is 4.05. The molecule has 2 rings (SSSR count). The molecule has 0 aliphatic heterocycles. The molecule has 0 atom stereocenters. The summed E-state index contributed by atoms with van der Waals surface area (Å²) in [6.45, 7) is 2.31. The van der Waals surface area contributed by atoms with Gasteiger partial charge in [0.25, 0.3) is 0 Å². The molecule has 94 valence electrons. The Labute approximate surface area is 113 Å². The molecule has 0 fully saturated rings. The number of benzene rings is 2. The molecule has 18 heavy (non-hydrogen) atoms. The monoisotopic (exact) mass is 311 g/mol. The fourth-order valence-electron chi connectivity index (χ4n) is 1.57. The Balaban J connectivity index is 2.09. The number of rotatable bonds is 3. The van der Waals surface area contributed by atoms with Gasteiger partial charge in [0, 0.05) is 28.3 Å². The molecule has 0 aliphatic rings. The smallest absolute Gasteiger partial charge is 0.131 e. The molecule has 0 bridgehead atoms. The zero-order valence-corrected chi connectivity index (χ0v) is 11.4. The van der Waals surface area contributed by atoms with Gasteiger partial charge in [-0.05, 0) is 30.7 Å². The van der Waals surface area contributed by atoms with Crippen LogP contribution in [-0.4, -0.2) is 0 Å². The number of anilines is 1. The van der Waals surface area contributed by atoms with Crippen molar-refractivity contribution in [1.82, 2.24) is 0 Å². The quantitative estimate of drug-likeness (QED) is 0.870. The lowest BCUT2D eigenvalue weighted by molar-refractivity contribution is 0.574. The highest BCUT2D eigenvalue weighted by atomic mass is 79.9. The highest BCUT2D eigenvalue weighted by molar-refractivity contribution is 9.10. The van der Waals surface area contributed by atoms with Crippen LogP contribution in [0.5, 0.6) is 0 Å². The van der Waals surface area contributed by atoms with E-state index in [4.69, 9.17) is 0 Å². The van der Waals surface area contributed by atoms with Crippen molar-refractivity contribution < 1.29 is 8.78 Å². The minimum absolute atomic E-state index is 0.321. The highest BCUT2D eigenvalue weighted by Gasteiger charge is 2.04. The molecule has 1 nitrogen and oxygen atoms in total. The first-order valence-electron chi connectivity index (χ1n) is 5.50. The van der Waals surface area contributed by atoms with E-state index in [2.05, 4.69) is 21.2 Å². The first kappa shape index (κ1) is 13.0. The normalized spacial score (nSPS) is 10.4. The summed E-state index contributed by atoms with van der Waals surface area (Å²) in [5, 5.41) is 3.10. The predicted octanol–water partition coefficient (Wildman–Crippen LogP) is 4.65. The van der Waals surface area contributed by atoms with Crippen LogP contribution in [0.3, 0.4) is 0 Å². The second kappa shape index (κ2) is 5.48. The van der Waals surface area contributed by atoms with Crippen molar-refractivity contribution in [1.29, 1.82) is 0 Å². The minimum atomic E-state index is -0.561. The van der Waals surface area contributed by atoms with Crippen LogP contribution in [-0.2, 0) is 6.54 Å². The molecule has 0 amide bonds. The standard InChI is InChI=1S/C14H12BrF2N/c1-9-2-5-12(7-13(9)15)18-8-10-3-4-11(16)6-14(10)17/h2-7,18H,8H2,1H3. The predicted molar refractivity (Wildman–Crippen MR) is 72.6 cm³/mol. The molecule has 1 N–H and O–H groups in total. The van der Waals surface area contributed by atoms with Crippen LogP contribution in [0, 0.1) is 18.6 Å². The minimum Gasteiger partial charge on any atom is -0.381 e. The average Bonchev–Trinajstić information content (AvgIpc) is 2.32. The summed E-state index contributed by atoms with van der Waals surface area (Å²) in [6.07, 6.45) is 0. The molecule has 0 aliphatic carbocycles. The molecule has 0 aromatic heterocycles. The Bertz CT molecular complexity index is 570. The van der Waals surface area contributed by atoms with Crippen molar-refractivity contribution in [2.75, 3.05) is 5.32 Å². The lowest BCUT2D eigenvalue weighted by atomic mass is 10.2. The molecule has 0 saturated carbocycles. The van der Waals surface area contributed by atoms with Crippen LogP contribution >= 0.6 is 15.9 Å². The first-order valence-corrected chi connectivity index (χ1v) is 6.29. The van der Waals surface area contributed by atoms with Gasteiger partial charge >= 0.3 is 0 Å². The van der Waals surface area contributed by atoms with Gasteiger partial charge in [0.15, 0.2) is 0 Å². The van der Waals surface area contributed by atoms with E-state index in [1.54, 1.807) is 0 Å². The molecule has 0 heterocycles. The third-order valence-electron chi connectivity index (χ3n) is 2.67. The van der Waals surface area contributed by atoms with Gasteiger partial charge < -0.3 is 5.32 Å². The number of aryl methyl sites for hydroxylation is 1. The van der Waals surface area contributed by atoms with Crippen LogP contribution in [0.15, 0.2) is 40.9 Å². The number of hydrogen-bond donors (Lipinski definition) is 1. The maximum Gasteiger partial charge on any atom is 0.131 e. The van der Waals surface area contributed by atoms with Crippen LogP contribution in [0.25, 0.3) is 0 Å². The Hall–Kier alpha value is -1.42. The van der Waals surface area contributed by atoms with Crippen molar-refractivity contribution in [3.63, 3.8) is 0 Å². The van der Waals surface area contributed by atoms with Gasteiger partial charge in [0.1, 0.15) is 11.6 Å². The van der Waals surface area contributed by atoms with Gasteiger partial charge in [-0.2, -0.15) is 0 Å². The summed E-state index contributed by atoms with van der Waals surface area (Å²) in [7, 11) is 0. The summed E-state index contributed by atoms with van der Waals surface area (Å²) >= 11 is 3.43. The fraction of sp³-hybridized carbons (Fsp3) is 0.143. The van der Waals surface area contributed by atoms with Gasteiger partial charge in [-0.3, -0.25) is 0 Å². The van der Waals surface area contributed by atoms with E-state index in [-0.39, 0.29) is 0 Å². The summed E-state index contributed by atoms with van der Waals surface area (Å²) in [5.74, 6) is -1.09. The second-order valence-corrected chi connectivity index (χ2v) is 4.91. The van der Waals surface area contributed by atoms with Crippen molar-refractivity contribution >= 4 is 21.6 Å². The lowest BCUT2D eigenvalue weighted by Gasteiger charge is -2.09. The highest BCUT2D eigenvalue weighted by Crippen LogP contribution is 2.21. The number of nitrogens with one attached hydrogen (secondary N) is 1. The Kier molecular flexibility index (Phi) is 3.97. The summed E-state index contributed by atoms with van der Waals surface area (Å²) in [6, 6.07) is 9.40. The summed E-state index contributed by atoms with van der Waals surface area (Å²) in [4.78, 5) is 0. The van der Waals surface area contributed by atoms with E-state index in [1.807, 2.05) is 25.1 Å². The van der Waals surface area contributed by atoms with Crippen molar-refractivity contribution in [3.8, 4) is 0 Å². The fourth-order valence-corrected chi connectivity index (χ4v) is 1.94. The maximum atomic E-state index is 13.4. The largest absolute Gasteiger partial charge is 0.381 e. The maximum absolute atomic E-state index is 13.4. The molecular formula is C14H12BrF2N. The Morgan fingerprint density at radius 2 is 1.89 bits per heavy atom. The van der Waals surface area contributed by atoms with Crippen LogP contribution in [0.1, 0.15) is 11.1 Å². The SMILES string of the molecule is Cc1ccc(NCc2ccc(F)cc2F)cc1Br. The third kappa shape index (κ3) is 3.07. The van der Waals surface area contributed by atoms with E-state index in [0.29, 0.717) is 12.1 Å². The van der Waals surface area contributed by atoms with E-state index in [0.717, 1.165) is 21.8 Å². The molecule has 0 radical (unpaired) electrons. The average molecular weight is 312 g/mol. The van der Waals surface area contributed by atoms with Gasteiger partial charge in [-0.1, -0.05) is 28.1 Å². The Morgan fingerprint density at radius 3 is 2.56 bits per heavy atom. The summed E-state index contributed by atoms with van der Waals surface area (Å²) < 4.78 is 27.1.